The van der Waals surface area contributed by atoms with E-state index in [9.17, 15) is 9.59 Å². The summed E-state index contributed by atoms with van der Waals surface area (Å²) < 4.78 is 2.09. The van der Waals surface area contributed by atoms with Gasteiger partial charge in [0.05, 0.1) is 0 Å². The molecule has 2 N–H and O–H groups in total. The molecule has 0 aliphatic carbocycles. The van der Waals surface area contributed by atoms with Gasteiger partial charge in [0, 0.05) is 30.3 Å². The Morgan fingerprint density at radius 3 is 2.21 bits per heavy atom. The average molecular weight is 424 g/mol. The third-order valence-electron chi connectivity index (χ3n) is 4.64. The van der Waals surface area contributed by atoms with Gasteiger partial charge in [-0.25, -0.2) is 5.48 Å². The third kappa shape index (κ3) is 10.7. The molecule has 2 amide bonds. The lowest BCUT2D eigenvalue weighted by Gasteiger charge is -2.30. The van der Waals surface area contributed by atoms with Gasteiger partial charge in [0.1, 0.15) is 0 Å². The van der Waals surface area contributed by atoms with Gasteiger partial charge in [0.2, 0.25) is 11.8 Å². The first-order valence-corrected chi connectivity index (χ1v) is 11.1. The van der Waals surface area contributed by atoms with E-state index < -0.39 is 5.91 Å². The van der Waals surface area contributed by atoms with Gasteiger partial charge >= 0.3 is 0 Å². The van der Waals surface area contributed by atoms with Crippen molar-refractivity contribution >= 4 is 23.8 Å². The summed E-state index contributed by atoms with van der Waals surface area (Å²) in [5, 5.41) is 8.59. The van der Waals surface area contributed by atoms with Crippen LogP contribution in [0.3, 0.4) is 0 Å². The summed E-state index contributed by atoms with van der Waals surface area (Å²) in [6, 6.07) is 8.54. The molecule has 0 unspecified atom stereocenters. The number of hydrogen-bond acceptors (Lipinski definition) is 5. The Balaban J connectivity index is 0.000000326. The third-order valence-corrected chi connectivity index (χ3v) is 5.49. The number of aryl methyl sites for hydroxylation is 1. The van der Waals surface area contributed by atoms with Crippen LogP contribution in [0.15, 0.2) is 29.2 Å². The van der Waals surface area contributed by atoms with E-state index in [1.54, 1.807) is 17.4 Å². The fraction of sp³-hybridized carbons (Fsp3) is 0.636. The van der Waals surface area contributed by atoms with Crippen LogP contribution in [0.5, 0.6) is 0 Å². The highest BCUT2D eigenvalue weighted by Crippen LogP contribution is 2.21. The molecule has 1 heterocycles. The number of carbonyl (C=O) groups is 2. The van der Waals surface area contributed by atoms with Crippen LogP contribution in [0.2, 0.25) is 0 Å². The van der Waals surface area contributed by atoms with E-state index in [0.29, 0.717) is 12.3 Å². The molecule has 0 aromatic heterocycles. The summed E-state index contributed by atoms with van der Waals surface area (Å²) in [5.74, 6) is -0.372. The second kappa shape index (κ2) is 13.6. The molecule has 29 heavy (non-hydrogen) atoms. The number of carbonyl (C=O) groups excluding carboxylic acids is 2. The molecule has 2 rings (SSSR count). The second-order valence-electron chi connectivity index (χ2n) is 8.17. The van der Waals surface area contributed by atoms with Gasteiger partial charge in [-0.1, -0.05) is 31.5 Å². The molecule has 1 fully saturated rings. The fourth-order valence-electron chi connectivity index (χ4n) is 3.29. The van der Waals surface area contributed by atoms with E-state index in [1.807, 2.05) is 32.8 Å². The summed E-state index contributed by atoms with van der Waals surface area (Å²) in [4.78, 5) is 26.8. The van der Waals surface area contributed by atoms with Crippen LogP contribution < -0.4 is 5.48 Å². The number of likely N-dealkylation sites (tertiary alicyclic amines) is 1. The molecule has 6 nitrogen and oxygen atoms in total. The van der Waals surface area contributed by atoms with Crippen LogP contribution in [-0.4, -0.2) is 53.4 Å². The Morgan fingerprint density at radius 1 is 1.14 bits per heavy atom. The maximum Gasteiger partial charge on any atom is 0.244 e. The smallest absolute Gasteiger partial charge is 0.244 e. The van der Waals surface area contributed by atoms with Crippen LogP contribution in [0.25, 0.3) is 0 Å². The van der Waals surface area contributed by atoms with Gasteiger partial charge < -0.3 is 4.90 Å². The van der Waals surface area contributed by atoms with Gasteiger partial charge in [0.25, 0.3) is 0 Å². The van der Waals surface area contributed by atoms with Gasteiger partial charge in [-0.2, -0.15) is 0 Å². The summed E-state index contributed by atoms with van der Waals surface area (Å²) >= 11 is 1.74. The SMILES string of the molecule is CC(C)C[C@H](CC(=O)NO)C(=O)N1CCCCC1.Cc1ccc(SN(C)C)cc1. The van der Waals surface area contributed by atoms with E-state index in [2.05, 4.69) is 35.5 Å². The predicted octanol–water partition coefficient (Wildman–Crippen LogP) is 4.12. The summed E-state index contributed by atoms with van der Waals surface area (Å²) in [6.07, 6.45) is 4.03. The van der Waals surface area contributed by atoms with Crippen molar-refractivity contribution in [3.63, 3.8) is 0 Å². The van der Waals surface area contributed by atoms with Gasteiger partial charge in [0.15, 0.2) is 0 Å². The second-order valence-corrected chi connectivity index (χ2v) is 9.55. The van der Waals surface area contributed by atoms with E-state index in [4.69, 9.17) is 5.21 Å². The van der Waals surface area contributed by atoms with E-state index in [1.165, 1.54) is 16.9 Å². The molecule has 164 valence electrons. The minimum atomic E-state index is -0.481. The highest BCUT2D eigenvalue weighted by Gasteiger charge is 2.28. The Labute approximate surface area is 180 Å². The fourth-order valence-corrected chi connectivity index (χ4v) is 3.97. The maximum absolute atomic E-state index is 12.3. The molecule has 1 aliphatic rings. The predicted molar refractivity (Wildman–Crippen MR) is 119 cm³/mol. The number of hydroxylamine groups is 1. The number of nitrogens with zero attached hydrogens (tertiary/aromatic N) is 2. The molecule has 1 atom stereocenters. The Morgan fingerprint density at radius 2 is 1.72 bits per heavy atom. The first kappa shape index (κ1) is 25.5. The number of hydrogen-bond donors (Lipinski definition) is 2. The van der Waals surface area contributed by atoms with Crippen molar-refractivity contribution in [1.82, 2.24) is 14.7 Å². The monoisotopic (exact) mass is 423 g/mol. The van der Waals surface area contributed by atoms with E-state index in [0.717, 1.165) is 25.9 Å². The standard InChI is InChI=1S/C13H24N2O3.C9H13NS/c1-10(2)8-11(9-12(16)14-18)13(17)15-6-4-3-5-7-15;1-8-4-6-9(7-5-8)11-10(2)3/h10-11,18H,3-9H2,1-2H3,(H,14,16);4-7H,1-3H3/t11-;/m1./s1. The molecule has 1 aliphatic heterocycles. The Bertz CT molecular complexity index is 614. The number of amides is 2. The van der Waals surface area contributed by atoms with Crippen LogP contribution in [-0.2, 0) is 9.59 Å². The molecule has 1 aromatic carbocycles. The lowest BCUT2D eigenvalue weighted by atomic mass is 9.92. The normalized spacial score (nSPS) is 15.0. The average Bonchev–Trinajstić information content (AvgIpc) is 2.69. The molecule has 0 saturated carbocycles. The Hall–Kier alpha value is -1.57. The van der Waals surface area contributed by atoms with Crippen molar-refractivity contribution in [2.45, 2.75) is 57.8 Å². The van der Waals surface area contributed by atoms with Crippen LogP contribution in [0.1, 0.15) is 51.5 Å². The number of rotatable bonds is 7. The quantitative estimate of drug-likeness (QED) is 0.392. The Kier molecular flexibility index (Phi) is 12.0. The summed E-state index contributed by atoms with van der Waals surface area (Å²) in [7, 11) is 4.09. The number of nitrogens with one attached hydrogen (secondary N) is 1. The molecule has 0 bridgehead atoms. The zero-order valence-corrected chi connectivity index (χ0v) is 19.3. The van der Waals surface area contributed by atoms with Crippen molar-refractivity contribution in [3.8, 4) is 0 Å². The molecular weight excluding hydrogens is 386 g/mol. The summed E-state index contributed by atoms with van der Waals surface area (Å²) in [6.45, 7) is 7.77. The molecule has 1 saturated heterocycles. The minimum absolute atomic E-state index is 0.0620. The van der Waals surface area contributed by atoms with Crippen molar-refractivity contribution in [1.29, 1.82) is 0 Å². The molecule has 1 aromatic rings. The maximum atomic E-state index is 12.3. The van der Waals surface area contributed by atoms with Crippen molar-refractivity contribution in [2.75, 3.05) is 27.2 Å². The molecule has 0 spiro atoms. The first-order valence-electron chi connectivity index (χ1n) is 10.4. The minimum Gasteiger partial charge on any atom is -0.342 e. The largest absolute Gasteiger partial charge is 0.342 e. The lowest BCUT2D eigenvalue weighted by Crippen LogP contribution is -2.41. The zero-order chi connectivity index (χ0) is 21.8. The lowest BCUT2D eigenvalue weighted by molar-refractivity contribution is -0.141. The highest BCUT2D eigenvalue weighted by molar-refractivity contribution is 7.97. The van der Waals surface area contributed by atoms with Gasteiger partial charge in [-0.05, 0) is 76.7 Å². The highest BCUT2D eigenvalue weighted by atomic mass is 32.2. The van der Waals surface area contributed by atoms with Crippen molar-refractivity contribution in [2.24, 2.45) is 11.8 Å². The van der Waals surface area contributed by atoms with Crippen molar-refractivity contribution in [3.05, 3.63) is 29.8 Å². The van der Waals surface area contributed by atoms with Gasteiger partial charge in [-0.3, -0.25) is 19.1 Å². The first-order chi connectivity index (χ1) is 13.7. The van der Waals surface area contributed by atoms with Gasteiger partial charge in [-0.15, -0.1) is 0 Å². The number of piperidine rings is 1. The zero-order valence-electron chi connectivity index (χ0n) is 18.5. The molecule has 7 heteroatoms. The van der Waals surface area contributed by atoms with Crippen LogP contribution in [0, 0.1) is 18.8 Å². The number of benzene rings is 1. The molecular formula is C22H37N3O3S. The molecule has 0 radical (unpaired) electrons. The van der Waals surface area contributed by atoms with E-state index in [-0.39, 0.29) is 18.2 Å². The van der Waals surface area contributed by atoms with Crippen LogP contribution >= 0.6 is 11.9 Å². The van der Waals surface area contributed by atoms with Crippen LogP contribution in [0.4, 0.5) is 0 Å². The van der Waals surface area contributed by atoms with Crippen molar-refractivity contribution < 1.29 is 14.8 Å². The van der Waals surface area contributed by atoms with E-state index >= 15 is 0 Å². The topological polar surface area (TPSA) is 72.9 Å². The summed E-state index contributed by atoms with van der Waals surface area (Å²) in [5.41, 5.74) is 2.93.